The summed E-state index contributed by atoms with van der Waals surface area (Å²) in [6, 6.07) is 10.6. The molecule has 1 amide bonds. The Morgan fingerprint density at radius 3 is 2.65 bits per heavy atom. The van der Waals surface area contributed by atoms with Crippen LogP contribution in [0, 0.1) is 0 Å². The molecule has 104 valence electrons. The number of thiocarbonyl (C=S) groups is 1. The standard InChI is InChI=1S/C14H14N2O2S2/c1-18-10-7-8-20-12(10)14(17)16-11(13(15)19)9-5-3-2-4-6-9/h2-8,11H,1H3,(H2,15,19)(H,16,17). The number of benzene rings is 1. The van der Waals surface area contributed by atoms with Crippen molar-refractivity contribution in [3.8, 4) is 5.75 Å². The van der Waals surface area contributed by atoms with E-state index in [1.807, 2.05) is 30.3 Å². The van der Waals surface area contributed by atoms with E-state index >= 15 is 0 Å². The molecule has 0 aliphatic rings. The average Bonchev–Trinajstić information content (AvgIpc) is 2.93. The van der Waals surface area contributed by atoms with Gasteiger partial charge in [0.1, 0.15) is 21.7 Å². The Balaban J connectivity index is 2.21. The zero-order valence-electron chi connectivity index (χ0n) is 10.8. The number of hydrogen-bond acceptors (Lipinski definition) is 4. The van der Waals surface area contributed by atoms with Gasteiger partial charge in [0.05, 0.1) is 7.11 Å². The molecule has 20 heavy (non-hydrogen) atoms. The number of ether oxygens (including phenoxy) is 1. The van der Waals surface area contributed by atoms with Gasteiger partial charge < -0.3 is 15.8 Å². The first-order valence-corrected chi connectivity index (χ1v) is 7.19. The van der Waals surface area contributed by atoms with E-state index in [1.54, 1.807) is 11.4 Å². The quantitative estimate of drug-likeness (QED) is 0.833. The van der Waals surface area contributed by atoms with Crippen LogP contribution in [-0.2, 0) is 0 Å². The van der Waals surface area contributed by atoms with Crippen LogP contribution in [0.25, 0.3) is 0 Å². The van der Waals surface area contributed by atoms with Crippen molar-refractivity contribution in [1.29, 1.82) is 0 Å². The fourth-order valence-electron chi connectivity index (χ4n) is 1.78. The Bertz CT molecular complexity index is 611. The normalized spacial score (nSPS) is 11.7. The Morgan fingerprint density at radius 1 is 1.35 bits per heavy atom. The summed E-state index contributed by atoms with van der Waals surface area (Å²) in [5.74, 6) is 0.292. The number of nitrogens with one attached hydrogen (secondary N) is 1. The summed E-state index contributed by atoms with van der Waals surface area (Å²) < 4.78 is 5.14. The predicted molar refractivity (Wildman–Crippen MR) is 84.3 cm³/mol. The summed E-state index contributed by atoms with van der Waals surface area (Å²) >= 11 is 6.35. The Labute approximate surface area is 126 Å². The van der Waals surface area contributed by atoms with Crippen molar-refractivity contribution < 1.29 is 9.53 Å². The van der Waals surface area contributed by atoms with E-state index in [4.69, 9.17) is 22.7 Å². The second kappa shape index (κ2) is 6.49. The lowest BCUT2D eigenvalue weighted by atomic mass is 10.1. The Morgan fingerprint density at radius 2 is 2.05 bits per heavy atom. The van der Waals surface area contributed by atoms with Gasteiger partial charge in [-0.3, -0.25) is 4.79 Å². The molecule has 1 aromatic carbocycles. The third-order valence-electron chi connectivity index (χ3n) is 2.75. The van der Waals surface area contributed by atoms with E-state index in [0.29, 0.717) is 10.6 Å². The molecule has 0 aliphatic carbocycles. The van der Waals surface area contributed by atoms with Crippen LogP contribution in [0.15, 0.2) is 41.8 Å². The molecule has 0 bridgehead atoms. The maximum absolute atomic E-state index is 12.3. The summed E-state index contributed by atoms with van der Waals surface area (Å²) in [5, 5.41) is 4.63. The third kappa shape index (κ3) is 3.15. The number of hydrogen-bond donors (Lipinski definition) is 2. The summed E-state index contributed by atoms with van der Waals surface area (Å²) in [7, 11) is 1.53. The summed E-state index contributed by atoms with van der Waals surface area (Å²) in [5.41, 5.74) is 6.58. The predicted octanol–water partition coefficient (Wildman–Crippen LogP) is 2.51. The topological polar surface area (TPSA) is 64.3 Å². The molecule has 6 heteroatoms. The molecule has 1 unspecified atom stereocenters. The molecule has 0 spiro atoms. The molecule has 1 aromatic heterocycles. The second-order valence-electron chi connectivity index (χ2n) is 4.04. The maximum Gasteiger partial charge on any atom is 0.266 e. The van der Waals surface area contributed by atoms with Gasteiger partial charge in [-0.05, 0) is 17.0 Å². The first-order chi connectivity index (χ1) is 9.63. The number of rotatable bonds is 5. The SMILES string of the molecule is COc1ccsc1C(=O)NC(C(N)=S)c1ccccc1. The highest BCUT2D eigenvalue weighted by molar-refractivity contribution is 7.80. The minimum atomic E-state index is -0.495. The Hall–Kier alpha value is -1.92. The lowest BCUT2D eigenvalue weighted by Gasteiger charge is -2.17. The molecule has 0 saturated carbocycles. The molecule has 0 fully saturated rings. The highest BCUT2D eigenvalue weighted by atomic mass is 32.1. The van der Waals surface area contributed by atoms with Gasteiger partial charge in [0.25, 0.3) is 5.91 Å². The molecular weight excluding hydrogens is 292 g/mol. The van der Waals surface area contributed by atoms with Crippen molar-refractivity contribution in [2.24, 2.45) is 5.73 Å². The molecular formula is C14H14N2O2S2. The summed E-state index contributed by atoms with van der Waals surface area (Å²) in [4.78, 5) is 13.0. The minimum absolute atomic E-state index is 0.222. The smallest absolute Gasteiger partial charge is 0.266 e. The monoisotopic (exact) mass is 306 g/mol. The van der Waals surface area contributed by atoms with E-state index in [9.17, 15) is 4.79 Å². The first-order valence-electron chi connectivity index (χ1n) is 5.90. The number of amides is 1. The minimum Gasteiger partial charge on any atom is -0.495 e. The molecule has 0 aliphatic heterocycles. The van der Waals surface area contributed by atoms with E-state index < -0.39 is 6.04 Å². The molecule has 4 nitrogen and oxygen atoms in total. The summed E-state index contributed by atoms with van der Waals surface area (Å²) in [6.45, 7) is 0. The van der Waals surface area contributed by atoms with Crippen LogP contribution in [0.4, 0.5) is 0 Å². The van der Waals surface area contributed by atoms with Gasteiger partial charge in [-0.25, -0.2) is 0 Å². The van der Waals surface area contributed by atoms with E-state index in [-0.39, 0.29) is 10.9 Å². The van der Waals surface area contributed by atoms with Crippen molar-refractivity contribution in [3.63, 3.8) is 0 Å². The van der Waals surface area contributed by atoms with Crippen LogP contribution < -0.4 is 15.8 Å². The molecule has 2 aromatic rings. The lowest BCUT2D eigenvalue weighted by molar-refractivity contribution is 0.0948. The van der Waals surface area contributed by atoms with Crippen LogP contribution in [-0.4, -0.2) is 18.0 Å². The van der Waals surface area contributed by atoms with Crippen molar-refractivity contribution in [3.05, 3.63) is 52.2 Å². The van der Waals surface area contributed by atoms with Crippen molar-refractivity contribution in [1.82, 2.24) is 5.32 Å². The van der Waals surface area contributed by atoms with E-state index in [2.05, 4.69) is 5.32 Å². The van der Waals surface area contributed by atoms with E-state index in [0.717, 1.165) is 5.56 Å². The van der Waals surface area contributed by atoms with Gasteiger partial charge in [0.2, 0.25) is 0 Å². The fourth-order valence-corrected chi connectivity index (χ4v) is 2.74. The third-order valence-corrected chi connectivity index (χ3v) is 3.88. The number of carbonyl (C=O) groups excluding carboxylic acids is 1. The van der Waals surface area contributed by atoms with Crippen LogP contribution in [0.5, 0.6) is 5.75 Å². The van der Waals surface area contributed by atoms with Gasteiger partial charge in [-0.2, -0.15) is 0 Å². The van der Waals surface area contributed by atoms with Gasteiger partial charge in [0, 0.05) is 0 Å². The molecule has 1 heterocycles. The lowest BCUT2D eigenvalue weighted by Crippen LogP contribution is -2.36. The first kappa shape index (κ1) is 14.5. The summed E-state index contributed by atoms with van der Waals surface area (Å²) in [6.07, 6.45) is 0. The van der Waals surface area contributed by atoms with Crippen molar-refractivity contribution >= 4 is 34.5 Å². The zero-order chi connectivity index (χ0) is 14.5. The highest BCUT2D eigenvalue weighted by Gasteiger charge is 2.21. The fraction of sp³-hybridized carbons (Fsp3) is 0.143. The van der Waals surface area contributed by atoms with Gasteiger partial charge >= 0.3 is 0 Å². The van der Waals surface area contributed by atoms with E-state index in [1.165, 1.54) is 18.4 Å². The van der Waals surface area contributed by atoms with Crippen LogP contribution >= 0.6 is 23.6 Å². The number of carbonyl (C=O) groups is 1. The van der Waals surface area contributed by atoms with Crippen LogP contribution in [0.3, 0.4) is 0 Å². The Kier molecular flexibility index (Phi) is 4.70. The van der Waals surface area contributed by atoms with Gasteiger partial charge in [-0.1, -0.05) is 42.5 Å². The number of nitrogens with two attached hydrogens (primary N) is 1. The maximum atomic E-state index is 12.3. The van der Waals surface area contributed by atoms with Gasteiger partial charge in [0.15, 0.2) is 0 Å². The van der Waals surface area contributed by atoms with Crippen LogP contribution in [0.2, 0.25) is 0 Å². The average molecular weight is 306 g/mol. The zero-order valence-corrected chi connectivity index (χ0v) is 12.5. The number of methoxy groups -OCH3 is 1. The largest absolute Gasteiger partial charge is 0.495 e. The number of thiophene rings is 1. The highest BCUT2D eigenvalue weighted by Crippen LogP contribution is 2.25. The molecule has 0 saturated heterocycles. The molecule has 1 atom stereocenters. The molecule has 0 radical (unpaired) electrons. The van der Waals surface area contributed by atoms with Crippen molar-refractivity contribution in [2.45, 2.75) is 6.04 Å². The van der Waals surface area contributed by atoms with Crippen molar-refractivity contribution in [2.75, 3.05) is 7.11 Å². The van der Waals surface area contributed by atoms with Gasteiger partial charge in [-0.15, -0.1) is 11.3 Å². The molecule has 3 N–H and O–H groups in total. The second-order valence-corrected chi connectivity index (χ2v) is 5.43. The molecule has 2 rings (SSSR count). The van der Waals surface area contributed by atoms with Crippen LogP contribution in [0.1, 0.15) is 21.3 Å².